The zero-order valence-corrected chi connectivity index (χ0v) is 10.2. The van der Waals surface area contributed by atoms with E-state index in [2.05, 4.69) is 9.05 Å². The molecule has 0 aliphatic carbocycles. The zero-order valence-electron chi connectivity index (χ0n) is 9.28. The van der Waals surface area contributed by atoms with Crippen molar-refractivity contribution in [2.24, 2.45) is 0 Å². The molecule has 1 rings (SSSR count). The van der Waals surface area contributed by atoms with Gasteiger partial charge in [0.15, 0.2) is 0 Å². The second-order valence-corrected chi connectivity index (χ2v) is 4.46. The summed E-state index contributed by atoms with van der Waals surface area (Å²) in [5, 5.41) is 0. The Labute approximate surface area is 98.1 Å². The Bertz CT molecular complexity index is 435. The average molecular weight is 258 g/mol. The normalized spacial score (nSPS) is 10.5. The molecule has 0 atom stereocenters. The smallest absolute Gasteiger partial charge is 0.386 e. The molecule has 17 heavy (non-hydrogen) atoms. The average Bonchev–Trinajstić information content (AvgIpc) is 2.15. The molecular weight excluding hydrogens is 247 g/mol. The number of phosphoric ester groups is 1. The van der Waals surface area contributed by atoms with Crippen molar-refractivity contribution in [3.63, 3.8) is 0 Å². The second-order valence-electron chi connectivity index (χ2n) is 3.02. The third-order valence-corrected chi connectivity index (χ3v) is 2.84. The first-order valence-corrected chi connectivity index (χ1v) is 6.12. The molecule has 0 aliphatic rings. The third-order valence-electron chi connectivity index (χ3n) is 1.44. The van der Waals surface area contributed by atoms with Crippen LogP contribution >= 0.6 is 7.82 Å². The molecule has 0 bridgehead atoms. The van der Waals surface area contributed by atoms with Gasteiger partial charge in [-0.15, -0.1) is 0 Å². The summed E-state index contributed by atoms with van der Waals surface area (Å²) >= 11 is 0. The molecule has 0 aliphatic heterocycles. The Morgan fingerprint density at radius 1 is 1.00 bits per heavy atom. The molecule has 0 N–H and O–H groups in total. The molecule has 7 heteroatoms. The van der Waals surface area contributed by atoms with Crippen molar-refractivity contribution in [3.05, 3.63) is 30.3 Å². The van der Waals surface area contributed by atoms with Crippen molar-refractivity contribution in [2.75, 3.05) is 0 Å². The van der Waals surface area contributed by atoms with Crippen LogP contribution < -0.4 is 4.52 Å². The van der Waals surface area contributed by atoms with Gasteiger partial charge in [0.25, 0.3) is 0 Å². The van der Waals surface area contributed by atoms with Gasteiger partial charge in [0, 0.05) is 13.8 Å². The number of hydrogen-bond donors (Lipinski definition) is 0. The molecule has 0 radical (unpaired) electrons. The molecule has 0 amide bonds. The van der Waals surface area contributed by atoms with E-state index in [9.17, 15) is 14.2 Å². The fourth-order valence-electron chi connectivity index (χ4n) is 0.981. The molecule has 0 heterocycles. The van der Waals surface area contributed by atoms with Crippen LogP contribution in [-0.2, 0) is 23.2 Å². The van der Waals surface area contributed by atoms with Crippen LogP contribution in [0.4, 0.5) is 0 Å². The minimum absolute atomic E-state index is 0.165. The van der Waals surface area contributed by atoms with Gasteiger partial charge in [-0.3, -0.25) is 9.59 Å². The Balaban J connectivity index is 2.87. The highest BCUT2D eigenvalue weighted by atomic mass is 31.2. The van der Waals surface area contributed by atoms with Crippen molar-refractivity contribution in [3.8, 4) is 5.75 Å². The summed E-state index contributed by atoms with van der Waals surface area (Å²) in [5.74, 6) is -1.57. The molecule has 1 aromatic carbocycles. The van der Waals surface area contributed by atoms with Gasteiger partial charge in [0.1, 0.15) is 5.75 Å². The number of carbonyl (C=O) groups is 2. The molecule has 0 saturated carbocycles. The molecule has 1 aromatic rings. The van der Waals surface area contributed by atoms with Crippen LogP contribution in [0.1, 0.15) is 13.8 Å². The minimum Gasteiger partial charge on any atom is -0.386 e. The maximum absolute atomic E-state index is 11.9. The monoisotopic (exact) mass is 258 g/mol. The second kappa shape index (κ2) is 5.50. The SMILES string of the molecule is CC(=O)OP(=O)(OC(C)=O)Oc1ccccc1. The van der Waals surface area contributed by atoms with Crippen molar-refractivity contribution in [1.29, 1.82) is 0 Å². The molecule has 0 unspecified atom stereocenters. The summed E-state index contributed by atoms with van der Waals surface area (Å²) in [7, 11) is -4.25. The standard InChI is InChI=1S/C10H11O6P/c1-8(11)14-17(13,15-9(2)12)16-10-6-4-3-5-7-10/h3-7H,1-2H3. The van der Waals surface area contributed by atoms with Crippen LogP contribution in [0.2, 0.25) is 0 Å². The molecular formula is C10H11O6P. The summed E-state index contributed by atoms with van der Waals surface area (Å²) in [6, 6.07) is 7.94. The predicted molar refractivity (Wildman–Crippen MR) is 58.2 cm³/mol. The van der Waals surface area contributed by atoms with E-state index in [0.29, 0.717) is 0 Å². The van der Waals surface area contributed by atoms with Crippen molar-refractivity contribution >= 4 is 19.8 Å². The first-order chi connectivity index (χ1) is 7.91. The Hall–Kier alpha value is -1.81. The van der Waals surface area contributed by atoms with Gasteiger partial charge in [-0.05, 0) is 12.1 Å². The summed E-state index contributed by atoms with van der Waals surface area (Å²) in [4.78, 5) is 21.5. The number of phosphoric acid groups is 1. The van der Waals surface area contributed by atoms with Crippen LogP contribution in [0.25, 0.3) is 0 Å². The fraction of sp³-hybridized carbons (Fsp3) is 0.200. The molecule has 92 valence electrons. The highest BCUT2D eigenvalue weighted by Gasteiger charge is 2.35. The summed E-state index contributed by atoms with van der Waals surface area (Å²) < 4.78 is 25.6. The lowest BCUT2D eigenvalue weighted by Crippen LogP contribution is -2.08. The Kier molecular flexibility index (Phi) is 4.29. The van der Waals surface area contributed by atoms with E-state index in [1.54, 1.807) is 18.2 Å². The zero-order chi connectivity index (χ0) is 12.9. The maximum atomic E-state index is 11.9. The lowest BCUT2D eigenvalue weighted by molar-refractivity contribution is -0.137. The fourth-order valence-corrected chi connectivity index (χ4v) is 2.10. The van der Waals surface area contributed by atoms with Crippen LogP contribution in [-0.4, -0.2) is 11.9 Å². The van der Waals surface area contributed by atoms with E-state index >= 15 is 0 Å². The van der Waals surface area contributed by atoms with Gasteiger partial charge >= 0.3 is 19.8 Å². The molecule has 0 spiro atoms. The quantitative estimate of drug-likeness (QED) is 0.771. The first kappa shape index (κ1) is 13.3. The summed E-state index contributed by atoms with van der Waals surface area (Å²) in [5.41, 5.74) is 0. The highest BCUT2D eigenvalue weighted by Crippen LogP contribution is 2.49. The molecule has 0 saturated heterocycles. The molecule has 0 aromatic heterocycles. The molecule has 6 nitrogen and oxygen atoms in total. The van der Waals surface area contributed by atoms with E-state index in [1.165, 1.54) is 12.1 Å². The third kappa shape index (κ3) is 4.70. The van der Waals surface area contributed by atoms with E-state index in [-0.39, 0.29) is 5.75 Å². The van der Waals surface area contributed by atoms with E-state index in [4.69, 9.17) is 4.52 Å². The Morgan fingerprint density at radius 3 is 1.88 bits per heavy atom. The number of hydrogen-bond acceptors (Lipinski definition) is 6. The van der Waals surface area contributed by atoms with Gasteiger partial charge in [-0.25, -0.2) is 0 Å². The van der Waals surface area contributed by atoms with Crippen molar-refractivity contribution < 1.29 is 27.7 Å². The predicted octanol–water partition coefficient (Wildman–Crippen LogP) is 2.30. The van der Waals surface area contributed by atoms with Gasteiger partial charge in [-0.2, -0.15) is 4.57 Å². The number of para-hydroxylation sites is 1. The topological polar surface area (TPSA) is 78.9 Å². The lowest BCUT2D eigenvalue weighted by Gasteiger charge is -2.15. The van der Waals surface area contributed by atoms with Crippen LogP contribution in [0.15, 0.2) is 30.3 Å². The first-order valence-electron chi connectivity index (χ1n) is 4.66. The van der Waals surface area contributed by atoms with Gasteiger partial charge in [0.05, 0.1) is 0 Å². The number of carbonyl (C=O) groups excluding carboxylic acids is 2. The maximum Gasteiger partial charge on any atom is 0.651 e. The highest BCUT2D eigenvalue weighted by molar-refractivity contribution is 7.50. The van der Waals surface area contributed by atoms with Gasteiger partial charge in [0.2, 0.25) is 0 Å². The van der Waals surface area contributed by atoms with Gasteiger partial charge < -0.3 is 13.6 Å². The van der Waals surface area contributed by atoms with Crippen molar-refractivity contribution in [1.82, 2.24) is 0 Å². The van der Waals surface area contributed by atoms with Gasteiger partial charge in [-0.1, -0.05) is 18.2 Å². The van der Waals surface area contributed by atoms with E-state index in [0.717, 1.165) is 13.8 Å². The lowest BCUT2D eigenvalue weighted by atomic mass is 10.3. The van der Waals surface area contributed by atoms with E-state index < -0.39 is 19.8 Å². The largest absolute Gasteiger partial charge is 0.651 e. The molecule has 0 fully saturated rings. The van der Waals surface area contributed by atoms with Crippen LogP contribution in [0, 0.1) is 0 Å². The van der Waals surface area contributed by atoms with Crippen LogP contribution in [0.5, 0.6) is 5.75 Å². The van der Waals surface area contributed by atoms with E-state index in [1.807, 2.05) is 0 Å². The van der Waals surface area contributed by atoms with Crippen molar-refractivity contribution in [2.45, 2.75) is 13.8 Å². The van der Waals surface area contributed by atoms with Crippen LogP contribution in [0.3, 0.4) is 0 Å². The number of rotatable bonds is 4. The number of benzene rings is 1. The summed E-state index contributed by atoms with van der Waals surface area (Å²) in [6.45, 7) is 2.06. The Morgan fingerprint density at radius 2 is 1.47 bits per heavy atom. The minimum atomic E-state index is -4.25. The summed E-state index contributed by atoms with van der Waals surface area (Å²) in [6.07, 6.45) is 0.